The van der Waals surface area contributed by atoms with Crippen LogP contribution < -0.4 is 0 Å². The summed E-state index contributed by atoms with van der Waals surface area (Å²) in [5, 5.41) is 13.8. The van der Waals surface area contributed by atoms with Gasteiger partial charge >= 0.3 is 0 Å². The van der Waals surface area contributed by atoms with Gasteiger partial charge in [-0.2, -0.15) is 0 Å². The molecule has 0 saturated carbocycles. The second-order valence-electron chi connectivity index (χ2n) is 6.26. The molecule has 0 radical (unpaired) electrons. The molecule has 4 aromatic rings. The lowest BCUT2D eigenvalue weighted by atomic mass is 10.1. The normalized spacial score (nSPS) is 14.0. The Bertz CT molecular complexity index is 1020. The van der Waals surface area contributed by atoms with Gasteiger partial charge in [0, 0.05) is 25.7 Å². The molecule has 5 heteroatoms. The van der Waals surface area contributed by atoms with Crippen molar-refractivity contribution in [3.8, 4) is 0 Å². The van der Waals surface area contributed by atoms with Crippen molar-refractivity contribution in [2.75, 3.05) is 0 Å². The average molecular weight is 402 g/mol. The van der Waals surface area contributed by atoms with Crippen LogP contribution in [-0.4, -0.2) is 15.8 Å². The minimum absolute atomic E-state index is 0.181. The van der Waals surface area contributed by atoms with Gasteiger partial charge in [0.15, 0.2) is 0 Å². The van der Waals surface area contributed by atoms with E-state index in [9.17, 15) is 5.11 Å². The number of aromatic nitrogens is 1. The highest BCUT2D eigenvalue weighted by atomic mass is 35.5. The quantitative estimate of drug-likeness (QED) is 0.381. The third-order valence-corrected chi connectivity index (χ3v) is 6.25. The van der Waals surface area contributed by atoms with Crippen LogP contribution in [0.25, 0.3) is 21.8 Å². The molecule has 0 aliphatic heterocycles. The summed E-state index contributed by atoms with van der Waals surface area (Å²) in [6.45, 7) is 1.82. The van der Waals surface area contributed by atoms with Gasteiger partial charge in [-0.25, -0.2) is 0 Å². The molecule has 0 fully saturated rings. The van der Waals surface area contributed by atoms with Crippen LogP contribution in [-0.2, 0) is 0 Å². The number of hydrogen-bond donors (Lipinski definition) is 1. The standard InChI is InChI=1S/C21H17Cl2NOS/c1-13(25)21(26-16-5-3-2-4-6-16)24-19-9-7-14(22)11-17(19)18-12-15(23)8-10-20(18)24/h2-13,21,25H,1H3. The maximum Gasteiger partial charge on any atom is 0.110 e. The average Bonchev–Trinajstić information content (AvgIpc) is 2.93. The smallest absolute Gasteiger partial charge is 0.110 e. The van der Waals surface area contributed by atoms with Crippen LogP contribution in [0.4, 0.5) is 0 Å². The summed E-state index contributed by atoms with van der Waals surface area (Å²) in [6, 6.07) is 21.8. The maximum absolute atomic E-state index is 10.6. The number of aliphatic hydroxyl groups is 1. The Labute approximate surface area is 166 Å². The first-order valence-corrected chi connectivity index (χ1v) is 9.96. The van der Waals surface area contributed by atoms with Gasteiger partial charge in [0.25, 0.3) is 0 Å². The molecule has 2 nitrogen and oxygen atoms in total. The number of aliphatic hydroxyl groups excluding tert-OH is 1. The van der Waals surface area contributed by atoms with Crippen LogP contribution in [0.1, 0.15) is 12.3 Å². The van der Waals surface area contributed by atoms with Gasteiger partial charge in [0.05, 0.1) is 17.1 Å². The number of hydrogen-bond acceptors (Lipinski definition) is 2. The Morgan fingerprint density at radius 3 is 1.88 bits per heavy atom. The maximum atomic E-state index is 10.6. The van der Waals surface area contributed by atoms with Crippen molar-refractivity contribution in [3.05, 3.63) is 76.8 Å². The monoisotopic (exact) mass is 401 g/mol. The van der Waals surface area contributed by atoms with E-state index in [1.807, 2.05) is 61.5 Å². The second-order valence-corrected chi connectivity index (χ2v) is 8.32. The molecular formula is C21H17Cl2NOS. The number of benzene rings is 3. The lowest BCUT2D eigenvalue weighted by Crippen LogP contribution is -2.18. The van der Waals surface area contributed by atoms with E-state index in [4.69, 9.17) is 23.2 Å². The molecule has 1 aromatic heterocycles. The van der Waals surface area contributed by atoms with Crippen molar-refractivity contribution in [3.63, 3.8) is 0 Å². The molecule has 2 atom stereocenters. The van der Waals surface area contributed by atoms with Gasteiger partial charge in [-0.1, -0.05) is 53.2 Å². The first kappa shape index (κ1) is 17.7. The third kappa shape index (κ3) is 3.21. The van der Waals surface area contributed by atoms with Gasteiger partial charge in [-0.05, 0) is 55.5 Å². The molecule has 0 spiro atoms. The number of nitrogens with zero attached hydrogens (tertiary/aromatic N) is 1. The van der Waals surface area contributed by atoms with E-state index < -0.39 is 6.10 Å². The molecule has 4 rings (SSSR count). The Morgan fingerprint density at radius 2 is 1.38 bits per heavy atom. The van der Waals surface area contributed by atoms with Gasteiger partial charge < -0.3 is 9.67 Å². The first-order valence-electron chi connectivity index (χ1n) is 8.33. The van der Waals surface area contributed by atoms with Crippen LogP contribution in [0.5, 0.6) is 0 Å². The highest BCUT2D eigenvalue weighted by molar-refractivity contribution is 7.99. The fraction of sp³-hybridized carbons (Fsp3) is 0.143. The predicted octanol–water partition coefficient (Wildman–Crippen LogP) is 6.77. The molecule has 0 aliphatic rings. The van der Waals surface area contributed by atoms with Crippen LogP contribution in [0.15, 0.2) is 71.6 Å². The van der Waals surface area contributed by atoms with E-state index in [1.165, 1.54) is 0 Å². The summed E-state index contributed by atoms with van der Waals surface area (Å²) in [7, 11) is 0. The third-order valence-electron chi connectivity index (χ3n) is 4.39. The highest BCUT2D eigenvalue weighted by Crippen LogP contribution is 2.41. The molecule has 0 bridgehead atoms. The number of fused-ring (bicyclic) bond motifs is 3. The van der Waals surface area contributed by atoms with E-state index in [0.29, 0.717) is 10.0 Å². The predicted molar refractivity (Wildman–Crippen MR) is 112 cm³/mol. The van der Waals surface area contributed by atoms with Crippen molar-refractivity contribution in [1.29, 1.82) is 0 Å². The number of thioether (sulfide) groups is 1. The van der Waals surface area contributed by atoms with Crippen LogP contribution >= 0.6 is 35.0 Å². The van der Waals surface area contributed by atoms with E-state index in [1.54, 1.807) is 11.8 Å². The number of rotatable bonds is 4. The van der Waals surface area contributed by atoms with Crippen LogP contribution in [0.3, 0.4) is 0 Å². The minimum Gasteiger partial charge on any atom is -0.390 e. The summed E-state index contributed by atoms with van der Waals surface area (Å²) < 4.78 is 2.18. The van der Waals surface area contributed by atoms with E-state index >= 15 is 0 Å². The van der Waals surface area contributed by atoms with Gasteiger partial charge in [-0.3, -0.25) is 0 Å². The Hall–Kier alpha value is -1.65. The highest BCUT2D eigenvalue weighted by Gasteiger charge is 2.23. The lowest BCUT2D eigenvalue weighted by molar-refractivity contribution is 0.172. The first-order chi connectivity index (χ1) is 12.5. The molecule has 2 unspecified atom stereocenters. The summed E-state index contributed by atoms with van der Waals surface area (Å²) in [5.41, 5.74) is 2.06. The minimum atomic E-state index is -0.551. The largest absolute Gasteiger partial charge is 0.390 e. The topological polar surface area (TPSA) is 25.2 Å². The lowest BCUT2D eigenvalue weighted by Gasteiger charge is -2.23. The van der Waals surface area contributed by atoms with Crippen molar-refractivity contribution in [1.82, 2.24) is 4.57 Å². The Kier molecular flexibility index (Phi) is 4.89. The van der Waals surface area contributed by atoms with Crippen molar-refractivity contribution < 1.29 is 5.11 Å². The Morgan fingerprint density at radius 1 is 0.846 bits per heavy atom. The van der Waals surface area contributed by atoms with Crippen LogP contribution in [0, 0.1) is 0 Å². The van der Waals surface area contributed by atoms with E-state index in [2.05, 4.69) is 16.7 Å². The molecule has 0 saturated heterocycles. The zero-order valence-electron chi connectivity index (χ0n) is 14.1. The van der Waals surface area contributed by atoms with Crippen molar-refractivity contribution in [2.24, 2.45) is 0 Å². The SMILES string of the molecule is CC(O)C(Sc1ccccc1)n1c2ccc(Cl)cc2c2cc(Cl)ccc21. The fourth-order valence-electron chi connectivity index (χ4n) is 3.28. The number of halogens is 2. The van der Waals surface area contributed by atoms with Crippen LogP contribution in [0.2, 0.25) is 10.0 Å². The molecule has 132 valence electrons. The van der Waals surface area contributed by atoms with E-state index in [0.717, 1.165) is 26.7 Å². The summed E-state index contributed by atoms with van der Waals surface area (Å²) in [5.74, 6) is 0. The van der Waals surface area contributed by atoms with Gasteiger partial charge in [0.1, 0.15) is 5.37 Å². The molecule has 26 heavy (non-hydrogen) atoms. The van der Waals surface area contributed by atoms with Gasteiger partial charge in [-0.15, -0.1) is 0 Å². The summed E-state index contributed by atoms with van der Waals surface area (Å²) in [4.78, 5) is 1.11. The zero-order valence-corrected chi connectivity index (χ0v) is 16.4. The second kappa shape index (κ2) is 7.16. The molecule has 1 N–H and O–H groups in total. The molecule has 0 amide bonds. The molecule has 1 heterocycles. The summed E-state index contributed by atoms with van der Waals surface area (Å²) >= 11 is 14.1. The fourth-order valence-corrected chi connectivity index (χ4v) is 4.74. The van der Waals surface area contributed by atoms with E-state index in [-0.39, 0.29) is 5.37 Å². The zero-order chi connectivity index (χ0) is 18.3. The Balaban J connectivity index is 1.97. The molecule has 0 aliphatic carbocycles. The molecular weight excluding hydrogens is 385 g/mol. The summed E-state index contributed by atoms with van der Waals surface area (Å²) in [6.07, 6.45) is -0.551. The van der Waals surface area contributed by atoms with Crippen molar-refractivity contribution >= 4 is 56.8 Å². The molecule has 3 aromatic carbocycles. The van der Waals surface area contributed by atoms with Crippen molar-refractivity contribution in [2.45, 2.75) is 23.3 Å². The van der Waals surface area contributed by atoms with Gasteiger partial charge in [0.2, 0.25) is 0 Å².